The number of rotatable bonds is 5. The van der Waals surface area contributed by atoms with Gasteiger partial charge < -0.3 is 5.11 Å². The van der Waals surface area contributed by atoms with Crippen molar-refractivity contribution in [1.82, 2.24) is 0 Å². The first-order valence-corrected chi connectivity index (χ1v) is 9.49. The fourth-order valence-electron chi connectivity index (χ4n) is 4.57. The summed E-state index contributed by atoms with van der Waals surface area (Å²) in [6, 6.07) is 4.35. The van der Waals surface area contributed by atoms with Crippen molar-refractivity contribution in [2.24, 2.45) is 10.8 Å². The summed E-state index contributed by atoms with van der Waals surface area (Å²) in [7, 11) is 0. The Labute approximate surface area is 156 Å². The maximum Gasteiger partial charge on any atom is 0.126 e. The van der Waals surface area contributed by atoms with Crippen molar-refractivity contribution >= 4 is 6.08 Å². The summed E-state index contributed by atoms with van der Waals surface area (Å²) >= 11 is 0. The van der Waals surface area contributed by atoms with Gasteiger partial charge in [-0.25, -0.2) is 0 Å². The van der Waals surface area contributed by atoms with E-state index in [9.17, 15) is 5.11 Å². The molecule has 1 aromatic carbocycles. The largest absolute Gasteiger partial charge is 0.507 e. The van der Waals surface area contributed by atoms with Gasteiger partial charge in [-0.3, -0.25) is 0 Å². The lowest BCUT2D eigenvalue weighted by molar-refractivity contribution is 0.274. The Kier molecular flexibility index (Phi) is 5.95. The molecule has 0 atom stereocenters. The minimum absolute atomic E-state index is 0.0380. The molecule has 0 unspecified atom stereocenters. The zero-order chi connectivity index (χ0) is 19.8. The molecule has 0 amide bonds. The molecule has 0 radical (unpaired) electrons. The topological polar surface area (TPSA) is 20.2 Å². The summed E-state index contributed by atoms with van der Waals surface area (Å²) in [6.07, 6.45) is 3.87. The molecule has 1 rings (SSSR count). The normalized spacial score (nSPS) is 13.8. The van der Waals surface area contributed by atoms with E-state index in [1.807, 2.05) is 0 Å². The highest BCUT2D eigenvalue weighted by atomic mass is 16.3. The number of benzene rings is 1. The van der Waals surface area contributed by atoms with E-state index >= 15 is 0 Å². The van der Waals surface area contributed by atoms with Crippen molar-refractivity contribution in [3.05, 3.63) is 35.4 Å². The van der Waals surface area contributed by atoms with E-state index in [0.29, 0.717) is 5.75 Å². The van der Waals surface area contributed by atoms with Crippen LogP contribution in [0.15, 0.2) is 18.7 Å². The zero-order valence-corrected chi connectivity index (χ0v) is 18.3. The van der Waals surface area contributed by atoms with Crippen LogP contribution in [0.3, 0.4) is 0 Å². The molecule has 0 aliphatic rings. The van der Waals surface area contributed by atoms with Crippen molar-refractivity contribution in [3.63, 3.8) is 0 Å². The van der Waals surface area contributed by atoms with E-state index in [2.05, 4.69) is 87.9 Å². The molecule has 142 valence electrons. The smallest absolute Gasteiger partial charge is 0.126 e. The number of hydrogen-bond donors (Lipinski definition) is 1. The minimum atomic E-state index is -0.103. The molecule has 0 aromatic heterocycles. The van der Waals surface area contributed by atoms with Gasteiger partial charge in [0, 0.05) is 11.1 Å². The van der Waals surface area contributed by atoms with Gasteiger partial charge >= 0.3 is 0 Å². The van der Waals surface area contributed by atoms with Crippen molar-refractivity contribution in [3.8, 4) is 5.75 Å². The summed E-state index contributed by atoms with van der Waals surface area (Å²) in [5.41, 5.74) is 3.54. The van der Waals surface area contributed by atoms with E-state index in [1.54, 1.807) is 6.08 Å². The van der Waals surface area contributed by atoms with Gasteiger partial charge in [0.1, 0.15) is 5.75 Å². The Hall–Kier alpha value is -1.24. The van der Waals surface area contributed by atoms with Crippen LogP contribution in [0.1, 0.15) is 98.8 Å². The number of hydrogen-bond acceptors (Lipinski definition) is 1. The van der Waals surface area contributed by atoms with E-state index in [4.69, 9.17) is 0 Å². The molecule has 0 saturated heterocycles. The van der Waals surface area contributed by atoms with Crippen LogP contribution in [0.2, 0.25) is 0 Å². The molecular weight excluding hydrogens is 304 g/mol. The van der Waals surface area contributed by atoms with Gasteiger partial charge in [0.2, 0.25) is 0 Å². The van der Waals surface area contributed by atoms with Gasteiger partial charge in [-0.1, -0.05) is 88.0 Å². The molecule has 0 aliphatic heterocycles. The van der Waals surface area contributed by atoms with E-state index < -0.39 is 0 Å². The van der Waals surface area contributed by atoms with Gasteiger partial charge in [0.15, 0.2) is 0 Å². The highest BCUT2D eigenvalue weighted by Gasteiger charge is 2.33. The van der Waals surface area contributed by atoms with Crippen molar-refractivity contribution in [2.75, 3.05) is 0 Å². The molecule has 1 nitrogen and oxygen atoms in total. The van der Waals surface area contributed by atoms with E-state index in [1.165, 1.54) is 5.56 Å². The van der Waals surface area contributed by atoms with Crippen LogP contribution in [0.25, 0.3) is 6.08 Å². The highest BCUT2D eigenvalue weighted by Crippen LogP contribution is 2.45. The minimum Gasteiger partial charge on any atom is -0.507 e. The van der Waals surface area contributed by atoms with Crippen LogP contribution >= 0.6 is 0 Å². The molecule has 0 saturated carbocycles. The van der Waals surface area contributed by atoms with Gasteiger partial charge in [0.05, 0.1) is 0 Å². The number of phenolic OH excluding ortho intramolecular Hbond substituents is 1. The molecular formula is C24H40O. The molecule has 1 aromatic rings. The molecule has 0 heterocycles. The average Bonchev–Trinajstić information content (AvgIpc) is 2.32. The fraction of sp³-hybridized carbons (Fsp3) is 0.667. The first kappa shape index (κ1) is 21.8. The highest BCUT2D eigenvalue weighted by molar-refractivity contribution is 5.61. The van der Waals surface area contributed by atoms with Crippen LogP contribution in [-0.4, -0.2) is 5.11 Å². The molecule has 1 heteroatoms. The molecule has 0 bridgehead atoms. The van der Waals surface area contributed by atoms with Crippen LogP contribution in [0.4, 0.5) is 0 Å². The van der Waals surface area contributed by atoms with Gasteiger partial charge in [-0.05, 0) is 46.1 Å². The van der Waals surface area contributed by atoms with Crippen molar-refractivity contribution in [1.29, 1.82) is 0 Å². The number of aromatic hydroxyl groups is 1. The lowest BCUT2D eigenvalue weighted by Gasteiger charge is -2.37. The quantitative estimate of drug-likeness (QED) is 0.587. The second-order valence-corrected chi connectivity index (χ2v) is 11.4. The molecule has 0 fully saturated rings. The second-order valence-electron chi connectivity index (χ2n) is 11.4. The third-order valence-corrected chi connectivity index (χ3v) is 4.81. The zero-order valence-electron chi connectivity index (χ0n) is 18.3. The van der Waals surface area contributed by atoms with Crippen molar-refractivity contribution < 1.29 is 5.11 Å². The third kappa shape index (κ3) is 5.90. The first-order chi connectivity index (χ1) is 11.0. The molecule has 25 heavy (non-hydrogen) atoms. The average molecular weight is 345 g/mol. The molecule has 0 spiro atoms. The number of phenols is 1. The fourth-order valence-corrected chi connectivity index (χ4v) is 4.57. The standard InChI is InChI=1S/C24H40O/c1-12-17-13-18(23(8,9)15-21(2,3)4)14-19(20(17)25)24(10,11)16-22(5,6)7/h12-14,25H,1,15-16H2,2-11H3. The monoisotopic (exact) mass is 344 g/mol. The Morgan fingerprint density at radius 1 is 0.800 bits per heavy atom. The summed E-state index contributed by atoms with van der Waals surface area (Å²) < 4.78 is 0. The Morgan fingerprint density at radius 3 is 1.64 bits per heavy atom. The molecule has 0 aliphatic carbocycles. The van der Waals surface area contributed by atoms with Crippen molar-refractivity contribution in [2.45, 2.75) is 92.9 Å². The summed E-state index contributed by atoms with van der Waals surface area (Å²) in [4.78, 5) is 0. The Bertz CT molecular complexity index is 619. The van der Waals surface area contributed by atoms with Gasteiger partial charge in [-0.2, -0.15) is 0 Å². The predicted molar refractivity (Wildman–Crippen MR) is 112 cm³/mol. The van der Waals surface area contributed by atoms with Crippen LogP contribution in [0.5, 0.6) is 5.75 Å². The maximum atomic E-state index is 10.9. The SMILES string of the molecule is C=Cc1cc(C(C)(C)CC(C)(C)C)cc(C(C)(C)CC(C)(C)C)c1O. The van der Waals surface area contributed by atoms with Gasteiger partial charge in [0.25, 0.3) is 0 Å². The van der Waals surface area contributed by atoms with Gasteiger partial charge in [-0.15, -0.1) is 0 Å². The first-order valence-electron chi connectivity index (χ1n) is 9.49. The van der Waals surface area contributed by atoms with E-state index in [0.717, 1.165) is 24.0 Å². The second kappa shape index (κ2) is 6.82. The third-order valence-electron chi connectivity index (χ3n) is 4.81. The van der Waals surface area contributed by atoms with E-state index in [-0.39, 0.29) is 21.7 Å². The summed E-state index contributed by atoms with van der Waals surface area (Å²) in [5.74, 6) is 0.388. The Balaban J connectivity index is 3.53. The predicted octanol–water partition coefficient (Wildman–Crippen LogP) is 7.46. The Morgan fingerprint density at radius 2 is 1.24 bits per heavy atom. The summed E-state index contributed by atoms with van der Waals surface area (Å²) in [6.45, 7) is 26.6. The molecule has 1 N–H and O–H groups in total. The lowest BCUT2D eigenvalue weighted by atomic mass is 9.68. The maximum absolute atomic E-state index is 10.9. The van der Waals surface area contributed by atoms with Crippen LogP contribution in [-0.2, 0) is 10.8 Å². The van der Waals surface area contributed by atoms with Crippen LogP contribution < -0.4 is 0 Å². The lowest BCUT2D eigenvalue weighted by Crippen LogP contribution is -2.28. The van der Waals surface area contributed by atoms with Crippen LogP contribution in [0, 0.1) is 10.8 Å². The summed E-state index contributed by atoms with van der Waals surface area (Å²) in [5, 5.41) is 10.9.